The molecule has 0 spiro atoms. The zero-order valence-electron chi connectivity index (χ0n) is 16.9. The second kappa shape index (κ2) is 10.3. The van der Waals surface area contributed by atoms with Gasteiger partial charge in [-0.15, -0.1) is 11.8 Å². The molecule has 0 fully saturated rings. The maximum absolute atomic E-state index is 12.7. The van der Waals surface area contributed by atoms with Gasteiger partial charge < -0.3 is 15.4 Å². The second-order valence-corrected chi connectivity index (χ2v) is 8.43. The van der Waals surface area contributed by atoms with Crippen LogP contribution in [0.4, 0.5) is 5.69 Å². The maximum atomic E-state index is 12.7. The lowest BCUT2D eigenvalue weighted by molar-refractivity contribution is -0.118. The molecule has 28 heavy (non-hydrogen) atoms. The Bertz CT molecular complexity index is 798. The molecule has 2 N–H and O–H groups in total. The Morgan fingerprint density at radius 1 is 1.04 bits per heavy atom. The quantitative estimate of drug-likeness (QED) is 0.517. The number of rotatable bonds is 8. The first-order valence-corrected chi connectivity index (χ1v) is 10.2. The first-order valence-electron chi connectivity index (χ1n) is 9.20. The fourth-order valence-corrected chi connectivity index (χ4v) is 3.40. The van der Waals surface area contributed by atoms with E-state index < -0.39 is 0 Å². The average molecular weight is 401 g/mol. The molecule has 0 aliphatic carbocycles. The van der Waals surface area contributed by atoms with E-state index >= 15 is 0 Å². The Hall–Kier alpha value is -2.31. The number of hydrogen-bond acceptors (Lipinski definition) is 4. The van der Waals surface area contributed by atoms with Crippen molar-refractivity contribution in [2.45, 2.75) is 31.1 Å². The topological polar surface area (TPSA) is 67.4 Å². The van der Waals surface area contributed by atoms with E-state index in [-0.39, 0.29) is 23.0 Å². The standard InChI is InChI=1S/C22H28N2O3S/c1-22(2,3)16-9-11-17(12-10-16)24-21(26)18-7-5-6-8-19(18)28-15-20(25)23-13-14-27-4/h5-12H,13-15H2,1-4H3,(H,23,25)(H,24,26). The van der Waals surface area contributed by atoms with Gasteiger partial charge in [-0.1, -0.05) is 45.0 Å². The lowest BCUT2D eigenvalue weighted by atomic mass is 9.87. The average Bonchev–Trinajstić information content (AvgIpc) is 2.66. The monoisotopic (exact) mass is 400 g/mol. The summed E-state index contributed by atoms with van der Waals surface area (Å²) in [5.41, 5.74) is 2.57. The van der Waals surface area contributed by atoms with Crippen molar-refractivity contribution in [2.24, 2.45) is 0 Å². The molecule has 6 heteroatoms. The fraction of sp³-hybridized carbons (Fsp3) is 0.364. The van der Waals surface area contributed by atoms with Gasteiger partial charge >= 0.3 is 0 Å². The molecule has 2 amide bonds. The largest absolute Gasteiger partial charge is 0.383 e. The summed E-state index contributed by atoms with van der Waals surface area (Å²) < 4.78 is 4.91. The molecule has 2 aromatic rings. The van der Waals surface area contributed by atoms with Crippen LogP contribution in [0.15, 0.2) is 53.4 Å². The van der Waals surface area contributed by atoms with Gasteiger partial charge in [-0.3, -0.25) is 9.59 Å². The number of ether oxygens (including phenoxy) is 1. The van der Waals surface area contributed by atoms with Crippen LogP contribution >= 0.6 is 11.8 Å². The molecule has 0 bridgehead atoms. The fourth-order valence-electron chi connectivity index (χ4n) is 2.52. The number of benzene rings is 2. The molecular formula is C22H28N2O3S. The van der Waals surface area contributed by atoms with Crippen molar-refractivity contribution < 1.29 is 14.3 Å². The Labute approximate surface area is 171 Å². The molecule has 0 aliphatic heterocycles. The summed E-state index contributed by atoms with van der Waals surface area (Å²) in [6.45, 7) is 7.41. The first-order chi connectivity index (χ1) is 13.3. The van der Waals surface area contributed by atoms with Crippen molar-refractivity contribution in [3.8, 4) is 0 Å². The van der Waals surface area contributed by atoms with E-state index in [1.807, 2.05) is 42.5 Å². The first kappa shape index (κ1) is 22.0. The molecule has 0 unspecified atom stereocenters. The van der Waals surface area contributed by atoms with Crippen LogP contribution in [0.3, 0.4) is 0 Å². The van der Waals surface area contributed by atoms with E-state index in [1.54, 1.807) is 13.2 Å². The highest BCUT2D eigenvalue weighted by Gasteiger charge is 2.15. The third-order valence-corrected chi connectivity index (χ3v) is 5.20. The molecule has 2 rings (SSSR count). The Morgan fingerprint density at radius 3 is 2.36 bits per heavy atom. The second-order valence-electron chi connectivity index (χ2n) is 7.41. The number of carbonyl (C=O) groups excluding carboxylic acids is 2. The van der Waals surface area contributed by atoms with Crippen molar-refractivity contribution in [3.63, 3.8) is 0 Å². The van der Waals surface area contributed by atoms with Gasteiger partial charge in [0.15, 0.2) is 0 Å². The van der Waals surface area contributed by atoms with Crippen LogP contribution in [0, 0.1) is 0 Å². The number of amides is 2. The van der Waals surface area contributed by atoms with Crippen LogP contribution in [0.25, 0.3) is 0 Å². The molecule has 0 saturated heterocycles. The van der Waals surface area contributed by atoms with E-state index in [2.05, 4.69) is 31.4 Å². The van der Waals surface area contributed by atoms with Gasteiger partial charge in [0, 0.05) is 24.2 Å². The Kier molecular flexibility index (Phi) is 8.08. The van der Waals surface area contributed by atoms with E-state index in [0.717, 1.165) is 10.6 Å². The van der Waals surface area contributed by atoms with Gasteiger partial charge in [0.05, 0.1) is 17.9 Å². The predicted molar refractivity (Wildman–Crippen MR) is 115 cm³/mol. The molecule has 5 nitrogen and oxygen atoms in total. The molecule has 0 aliphatic rings. The van der Waals surface area contributed by atoms with Crippen molar-refractivity contribution >= 4 is 29.3 Å². The van der Waals surface area contributed by atoms with E-state index in [1.165, 1.54) is 17.3 Å². The highest BCUT2D eigenvalue weighted by molar-refractivity contribution is 8.00. The Balaban J connectivity index is 2.01. The van der Waals surface area contributed by atoms with Crippen molar-refractivity contribution in [2.75, 3.05) is 31.3 Å². The zero-order valence-corrected chi connectivity index (χ0v) is 17.7. The smallest absolute Gasteiger partial charge is 0.256 e. The summed E-state index contributed by atoms with van der Waals surface area (Å²) in [6, 6.07) is 15.2. The number of anilines is 1. The van der Waals surface area contributed by atoms with E-state index in [4.69, 9.17) is 4.74 Å². The minimum Gasteiger partial charge on any atom is -0.383 e. The molecule has 0 atom stereocenters. The summed E-state index contributed by atoms with van der Waals surface area (Å²) in [6.07, 6.45) is 0. The summed E-state index contributed by atoms with van der Waals surface area (Å²) in [7, 11) is 1.59. The van der Waals surface area contributed by atoms with E-state index in [0.29, 0.717) is 18.7 Å². The summed E-state index contributed by atoms with van der Waals surface area (Å²) in [5.74, 6) is -0.0321. The van der Waals surface area contributed by atoms with Gasteiger partial charge in [-0.2, -0.15) is 0 Å². The van der Waals surface area contributed by atoms with Gasteiger partial charge in [-0.05, 0) is 35.2 Å². The van der Waals surface area contributed by atoms with Gasteiger partial charge in [0.1, 0.15) is 0 Å². The van der Waals surface area contributed by atoms with E-state index in [9.17, 15) is 9.59 Å². The zero-order chi connectivity index (χ0) is 20.6. The minimum atomic E-state index is -0.189. The molecule has 150 valence electrons. The highest BCUT2D eigenvalue weighted by atomic mass is 32.2. The van der Waals surface area contributed by atoms with Crippen LogP contribution in [0.1, 0.15) is 36.7 Å². The molecule has 0 saturated carbocycles. The van der Waals surface area contributed by atoms with Crippen LogP contribution in [0.5, 0.6) is 0 Å². The van der Waals surface area contributed by atoms with Crippen molar-refractivity contribution in [1.29, 1.82) is 0 Å². The van der Waals surface area contributed by atoms with Crippen molar-refractivity contribution in [1.82, 2.24) is 5.32 Å². The van der Waals surface area contributed by atoms with Crippen LogP contribution in [-0.2, 0) is 14.9 Å². The molecule has 0 radical (unpaired) electrons. The van der Waals surface area contributed by atoms with Gasteiger partial charge in [0.25, 0.3) is 5.91 Å². The summed E-state index contributed by atoms with van der Waals surface area (Å²) >= 11 is 1.34. The number of hydrogen-bond donors (Lipinski definition) is 2. The number of carbonyl (C=O) groups is 2. The third kappa shape index (κ3) is 6.69. The number of methoxy groups -OCH3 is 1. The van der Waals surface area contributed by atoms with Crippen LogP contribution in [0.2, 0.25) is 0 Å². The summed E-state index contributed by atoms with van der Waals surface area (Å²) in [5, 5.41) is 5.71. The van der Waals surface area contributed by atoms with Crippen LogP contribution < -0.4 is 10.6 Å². The lowest BCUT2D eigenvalue weighted by Gasteiger charge is -2.19. The molecule has 0 heterocycles. The predicted octanol–water partition coefficient (Wildman–Crippen LogP) is 4.09. The van der Waals surface area contributed by atoms with Gasteiger partial charge in [0.2, 0.25) is 5.91 Å². The third-order valence-electron chi connectivity index (χ3n) is 4.13. The number of nitrogens with one attached hydrogen (secondary N) is 2. The van der Waals surface area contributed by atoms with Crippen molar-refractivity contribution in [3.05, 3.63) is 59.7 Å². The molecular weight excluding hydrogens is 372 g/mol. The normalized spacial score (nSPS) is 11.1. The highest BCUT2D eigenvalue weighted by Crippen LogP contribution is 2.25. The maximum Gasteiger partial charge on any atom is 0.256 e. The summed E-state index contributed by atoms with van der Waals surface area (Å²) in [4.78, 5) is 25.4. The lowest BCUT2D eigenvalue weighted by Crippen LogP contribution is -2.28. The van der Waals surface area contributed by atoms with Crippen LogP contribution in [-0.4, -0.2) is 37.8 Å². The molecule has 0 aromatic heterocycles. The number of thioether (sulfide) groups is 1. The molecule has 2 aromatic carbocycles. The Morgan fingerprint density at radius 2 is 1.71 bits per heavy atom. The van der Waals surface area contributed by atoms with Gasteiger partial charge in [-0.25, -0.2) is 0 Å². The minimum absolute atomic E-state index is 0.0651. The SMILES string of the molecule is COCCNC(=O)CSc1ccccc1C(=O)Nc1ccc(C(C)(C)C)cc1.